The minimum Gasteiger partial charge on any atom is -0.491 e. The van der Waals surface area contributed by atoms with E-state index in [0.29, 0.717) is 18.7 Å². The van der Waals surface area contributed by atoms with Gasteiger partial charge >= 0.3 is 22.0 Å². The predicted molar refractivity (Wildman–Crippen MR) is 176 cm³/mol. The Morgan fingerprint density at radius 1 is 0.860 bits per heavy atom. The largest absolute Gasteiger partial charge is 0.491 e. The van der Waals surface area contributed by atoms with E-state index >= 15 is 0 Å². The van der Waals surface area contributed by atoms with Crippen LogP contribution in [0.15, 0.2) is 53.6 Å². The fourth-order valence-electron chi connectivity index (χ4n) is 3.70. The number of ether oxygens (including phenoxy) is 2. The maximum atomic E-state index is 12.8. The Morgan fingerprint density at radius 3 is 1.84 bits per heavy atom. The molecule has 0 saturated heterocycles. The Hall–Kier alpha value is -1.71. The molecule has 2 aromatic carbocycles. The average Bonchev–Trinajstić information content (AvgIpc) is 3.03. The number of hydrazone groups is 1. The summed E-state index contributed by atoms with van der Waals surface area (Å²) in [6.45, 7) is 5.35. The first-order chi connectivity index (χ1) is 20.4. The maximum Gasteiger partial charge on any atom is 0.355 e. The van der Waals surface area contributed by atoms with Crippen molar-refractivity contribution in [1.29, 1.82) is 0 Å². The van der Waals surface area contributed by atoms with E-state index in [4.69, 9.17) is 39.4 Å². The van der Waals surface area contributed by atoms with Gasteiger partial charge in [-0.25, -0.2) is 0 Å². The second kappa shape index (κ2) is 18.3. The van der Waals surface area contributed by atoms with E-state index in [-0.39, 0.29) is 24.5 Å². The third-order valence-electron chi connectivity index (χ3n) is 6.57. The molecule has 0 saturated carbocycles. The number of nitrogens with zero attached hydrogens (tertiary/aromatic N) is 3. The van der Waals surface area contributed by atoms with E-state index in [1.165, 1.54) is 28.4 Å². The standard InChI is InChI=1S/C28H45N3O8P3S/c1-9-23(2)38-27-16-12-26(13-17-27)20-29-30(4)40(43)24(3)39-28-14-10-25(11-15-28)18-19-31(21-41(32,34-5)35-6)22-42(33,36-7)37-8/h10-17,20,23-24H,9,18-19,21-22H2,1-8H3/q+1/b29-20+. The summed E-state index contributed by atoms with van der Waals surface area (Å²) in [5.74, 6) is 1.27. The molecule has 0 aliphatic rings. The lowest BCUT2D eigenvalue weighted by molar-refractivity contribution is 0.217. The molecule has 0 aliphatic carbocycles. The first-order valence-electron chi connectivity index (χ1n) is 13.8. The molecule has 0 radical (unpaired) electrons. The van der Waals surface area contributed by atoms with Crippen LogP contribution < -0.4 is 9.47 Å². The van der Waals surface area contributed by atoms with Crippen LogP contribution in [0.2, 0.25) is 0 Å². The molecular formula is C28H45N3O8P3S+. The van der Waals surface area contributed by atoms with E-state index in [1.54, 1.807) is 15.9 Å². The van der Waals surface area contributed by atoms with Gasteiger partial charge < -0.3 is 27.6 Å². The average molecular weight is 677 g/mol. The molecule has 240 valence electrons. The normalized spacial score (nSPS) is 14.1. The molecule has 15 heteroatoms. The summed E-state index contributed by atoms with van der Waals surface area (Å²) in [6.07, 6.45) is 3.34. The Balaban J connectivity index is 1.96. The lowest BCUT2D eigenvalue weighted by Crippen LogP contribution is -2.29. The highest BCUT2D eigenvalue weighted by molar-refractivity contribution is 8.04. The number of benzene rings is 2. The van der Waals surface area contributed by atoms with Crippen molar-refractivity contribution in [1.82, 2.24) is 9.68 Å². The molecule has 43 heavy (non-hydrogen) atoms. The van der Waals surface area contributed by atoms with E-state index in [1.807, 2.05) is 69.4 Å². The van der Waals surface area contributed by atoms with Gasteiger partial charge in [0.1, 0.15) is 24.1 Å². The molecule has 2 aromatic rings. The SMILES string of the molecule is CCC(C)Oc1ccc(/C=N/N(C)[P+](=S)C(C)Oc2ccc(CCN(CP(=O)(OC)OC)CP(=O)(OC)OC)cc2)cc1. The summed E-state index contributed by atoms with van der Waals surface area (Å²) >= 11 is 5.74. The zero-order valence-electron chi connectivity index (χ0n) is 26.2. The fraction of sp³-hybridized carbons (Fsp3) is 0.536. The van der Waals surface area contributed by atoms with Crippen LogP contribution in [-0.4, -0.2) is 82.4 Å². The summed E-state index contributed by atoms with van der Waals surface area (Å²) in [4.78, 5) is 1.70. The Kier molecular flexibility index (Phi) is 16.0. The van der Waals surface area contributed by atoms with Gasteiger partial charge in [0, 0.05) is 41.9 Å². The summed E-state index contributed by atoms with van der Waals surface area (Å²) in [7, 11) is 0.330. The lowest BCUT2D eigenvalue weighted by Gasteiger charge is -2.27. The molecule has 0 aliphatic heterocycles. The Morgan fingerprint density at radius 2 is 1.35 bits per heavy atom. The van der Waals surface area contributed by atoms with Gasteiger partial charge in [0.05, 0.1) is 19.4 Å². The van der Waals surface area contributed by atoms with Gasteiger partial charge in [0.15, 0.2) is 11.8 Å². The topological polar surface area (TPSA) is 108 Å². The van der Waals surface area contributed by atoms with E-state index in [9.17, 15) is 9.13 Å². The van der Waals surface area contributed by atoms with Crippen molar-refractivity contribution in [2.45, 2.75) is 45.6 Å². The van der Waals surface area contributed by atoms with Crippen LogP contribution in [-0.2, 0) is 45.5 Å². The van der Waals surface area contributed by atoms with E-state index in [0.717, 1.165) is 23.3 Å². The summed E-state index contributed by atoms with van der Waals surface area (Å²) in [6, 6.07) is 15.4. The van der Waals surface area contributed by atoms with E-state index < -0.39 is 22.0 Å². The number of hydrogen-bond acceptors (Lipinski definition) is 11. The molecule has 3 atom stereocenters. The van der Waals surface area contributed by atoms with Crippen molar-refractivity contribution >= 4 is 40.1 Å². The molecule has 11 nitrogen and oxygen atoms in total. The highest BCUT2D eigenvalue weighted by atomic mass is 32.4. The zero-order chi connectivity index (χ0) is 32.0. The van der Waals surface area contributed by atoms with Crippen molar-refractivity contribution < 1.29 is 36.7 Å². The molecule has 3 unspecified atom stereocenters. The van der Waals surface area contributed by atoms with Gasteiger partial charge in [-0.1, -0.05) is 19.1 Å². The molecule has 0 heterocycles. The van der Waals surface area contributed by atoms with Crippen LogP contribution in [0.25, 0.3) is 0 Å². The van der Waals surface area contributed by atoms with Crippen molar-refractivity contribution in [3.05, 3.63) is 59.7 Å². The van der Waals surface area contributed by atoms with Crippen LogP contribution in [0.5, 0.6) is 11.5 Å². The second-order valence-corrected chi connectivity index (χ2v) is 17.2. The van der Waals surface area contributed by atoms with Crippen LogP contribution in [0, 0.1) is 0 Å². The molecule has 0 bridgehead atoms. The monoisotopic (exact) mass is 676 g/mol. The molecular weight excluding hydrogens is 631 g/mol. The van der Waals surface area contributed by atoms with Gasteiger partial charge in [0.2, 0.25) is 0 Å². The molecule has 0 N–H and O–H groups in total. The van der Waals surface area contributed by atoms with Gasteiger partial charge in [0.25, 0.3) is 5.85 Å². The fourth-order valence-corrected chi connectivity index (χ4v) is 7.18. The maximum absolute atomic E-state index is 12.8. The smallest absolute Gasteiger partial charge is 0.355 e. The number of rotatable bonds is 20. The highest BCUT2D eigenvalue weighted by Crippen LogP contribution is 2.51. The van der Waals surface area contributed by atoms with Gasteiger partial charge in [-0.2, -0.15) is 0 Å². The third-order valence-corrected chi connectivity index (χ3v) is 13.3. The zero-order valence-corrected chi connectivity index (χ0v) is 29.7. The van der Waals surface area contributed by atoms with Gasteiger partial charge in [-0.15, -0.1) is 9.88 Å². The van der Waals surface area contributed by atoms with Crippen LogP contribution >= 0.6 is 22.0 Å². The van der Waals surface area contributed by atoms with Crippen LogP contribution in [0.1, 0.15) is 38.3 Å². The third kappa shape index (κ3) is 12.7. The Bertz CT molecular complexity index is 1220. The predicted octanol–water partition coefficient (Wildman–Crippen LogP) is 7.14. The van der Waals surface area contributed by atoms with Crippen LogP contribution in [0.3, 0.4) is 0 Å². The van der Waals surface area contributed by atoms with Crippen LogP contribution in [0.4, 0.5) is 0 Å². The van der Waals surface area contributed by atoms with Gasteiger partial charge in [-0.05, 0) is 67.3 Å². The van der Waals surface area contributed by atoms with Crippen molar-refractivity contribution in [3.8, 4) is 11.5 Å². The highest BCUT2D eigenvalue weighted by Gasteiger charge is 2.32. The number of hydrogen-bond donors (Lipinski definition) is 0. The molecule has 0 spiro atoms. The lowest BCUT2D eigenvalue weighted by atomic mass is 10.1. The minimum absolute atomic E-state index is 0.0637. The molecule has 0 fully saturated rings. The van der Waals surface area contributed by atoms with Crippen molar-refractivity contribution in [3.63, 3.8) is 0 Å². The summed E-state index contributed by atoms with van der Waals surface area (Å²) < 4.78 is 59.5. The summed E-state index contributed by atoms with van der Waals surface area (Å²) in [5.41, 5.74) is 1.95. The van der Waals surface area contributed by atoms with Crippen molar-refractivity contribution in [2.75, 3.05) is 54.6 Å². The Labute approximate surface area is 262 Å². The van der Waals surface area contributed by atoms with Crippen molar-refractivity contribution in [2.24, 2.45) is 5.10 Å². The quantitative estimate of drug-likeness (QED) is 0.0811. The molecule has 2 rings (SSSR count). The van der Waals surface area contributed by atoms with E-state index in [2.05, 4.69) is 12.0 Å². The van der Waals surface area contributed by atoms with Gasteiger partial charge in [-0.3, -0.25) is 14.0 Å². The second-order valence-electron chi connectivity index (χ2n) is 9.68. The minimum atomic E-state index is -3.39. The molecule has 0 amide bonds. The first kappa shape index (κ1) is 37.5. The first-order valence-corrected chi connectivity index (χ1v) is 19.6. The molecule has 0 aromatic heterocycles. The summed E-state index contributed by atoms with van der Waals surface area (Å²) in [5, 5.41) is 4.53.